The van der Waals surface area contributed by atoms with Crippen LogP contribution in [-0.2, 0) is 19.1 Å². The molecule has 3 aliphatic heterocycles. The molecule has 1 saturated carbocycles. The summed E-state index contributed by atoms with van der Waals surface area (Å²) in [4.78, 5) is 43.2. The average Bonchev–Trinajstić information content (AvgIpc) is 3.45. The fourth-order valence-corrected chi connectivity index (χ4v) is 7.45. The number of hydrogen-bond donors (Lipinski definition) is 3. The second-order valence-corrected chi connectivity index (χ2v) is 11.7. The maximum atomic E-state index is 14.2. The minimum absolute atomic E-state index is 0.101. The minimum atomic E-state index is -1.02. The highest BCUT2D eigenvalue weighted by Crippen LogP contribution is 2.64. The van der Waals surface area contributed by atoms with Crippen LogP contribution in [0.15, 0.2) is 0 Å². The zero-order valence-electron chi connectivity index (χ0n) is 22.0. The molecule has 8 nitrogen and oxygen atoms in total. The van der Waals surface area contributed by atoms with E-state index in [1.807, 2.05) is 13.8 Å². The van der Waals surface area contributed by atoms with Gasteiger partial charge in [0.05, 0.1) is 30.1 Å². The topological polar surface area (TPSA) is 108 Å². The average molecular weight is 492 g/mol. The third-order valence-corrected chi connectivity index (χ3v) is 9.00. The normalized spacial score (nSPS) is 35.4. The van der Waals surface area contributed by atoms with Crippen LogP contribution in [0.25, 0.3) is 0 Å². The number of fused-ring (bicyclic) bond motifs is 1. The molecule has 6 atom stereocenters. The number of carbonyl (C=O) groups excluding carboxylic acids is 3. The first-order valence-corrected chi connectivity index (χ1v) is 14.0. The van der Waals surface area contributed by atoms with Crippen molar-refractivity contribution in [3.63, 3.8) is 0 Å². The van der Waals surface area contributed by atoms with E-state index in [-0.39, 0.29) is 36.3 Å². The zero-order valence-corrected chi connectivity index (χ0v) is 22.0. The van der Waals surface area contributed by atoms with Crippen LogP contribution in [0.2, 0.25) is 0 Å². The maximum Gasteiger partial charge on any atom is 0.246 e. The van der Waals surface area contributed by atoms with Gasteiger partial charge in [0.1, 0.15) is 11.6 Å². The number of carbonyl (C=O) groups is 3. The molecule has 3 amide bonds. The first-order valence-electron chi connectivity index (χ1n) is 14.0. The van der Waals surface area contributed by atoms with E-state index >= 15 is 0 Å². The first-order chi connectivity index (χ1) is 16.7. The number of aliphatic hydroxyl groups excluding tert-OH is 1. The molecule has 35 heavy (non-hydrogen) atoms. The Morgan fingerprint density at radius 3 is 2.46 bits per heavy atom. The van der Waals surface area contributed by atoms with Crippen molar-refractivity contribution in [2.75, 3.05) is 13.2 Å². The third-order valence-electron chi connectivity index (χ3n) is 9.00. The summed E-state index contributed by atoms with van der Waals surface area (Å²) in [6.07, 6.45) is 8.51. The summed E-state index contributed by atoms with van der Waals surface area (Å²) in [6, 6.07) is -1.21. The Balaban J connectivity index is 1.73. The van der Waals surface area contributed by atoms with Crippen LogP contribution in [0, 0.1) is 17.8 Å². The Bertz CT molecular complexity index is 813. The number of aliphatic hydroxyl groups is 1. The van der Waals surface area contributed by atoms with Crippen LogP contribution in [0.3, 0.4) is 0 Å². The van der Waals surface area contributed by atoms with Gasteiger partial charge in [-0.15, -0.1) is 0 Å². The Morgan fingerprint density at radius 2 is 1.86 bits per heavy atom. The van der Waals surface area contributed by atoms with Crippen LogP contribution in [0.5, 0.6) is 0 Å². The van der Waals surface area contributed by atoms with E-state index in [4.69, 9.17) is 4.74 Å². The molecule has 4 aliphatic rings. The van der Waals surface area contributed by atoms with Crippen molar-refractivity contribution in [1.29, 1.82) is 0 Å². The lowest BCUT2D eigenvalue weighted by Crippen LogP contribution is -2.59. The van der Waals surface area contributed by atoms with E-state index in [1.54, 1.807) is 4.90 Å². The minimum Gasteiger partial charge on any atom is -0.394 e. The van der Waals surface area contributed by atoms with Gasteiger partial charge in [0, 0.05) is 12.6 Å². The molecule has 4 rings (SSSR count). The van der Waals surface area contributed by atoms with Crippen LogP contribution in [0.1, 0.15) is 91.9 Å². The molecule has 3 N–H and O–H groups in total. The first kappa shape index (κ1) is 26.4. The van der Waals surface area contributed by atoms with E-state index < -0.39 is 35.1 Å². The molecular formula is C27H45N3O5. The molecule has 4 fully saturated rings. The van der Waals surface area contributed by atoms with Crippen molar-refractivity contribution in [3.8, 4) is 0 Å². The fraction of sp³-hybridized carbons (Fsp3) is 0.889. The van der Waals surface area contributed by atoms with Crippen LogP contribution in [-0.4, -0.2) is 70.2 Å². The Hall–Kier alpha value is -1.67. The second kappa shape index (κ2) is 10.4. The Morgan fingerprint density at radius 1 is 1.14 bits per heavy atom. The molecule has 198 valence electrons. The summed E-state index contributed by atoms with van der Waals surface area (Å²) >= 11 is 0. The van der Waals surface area contributed by atoms with Gasteiger partial charge < -0.3 is 25.4 Å². The highest BCUT2D eigenvalue weighted by molar-refractivity contribution is 5.99. The fourth-order valence-electron chi connectivity index (χ4n) is 7.45. The van der Waals surface area contributed by atoms with Crippen LogP contribution < -0.4 is 10.6 Å². The van der Waals surface area contributed by atoms with Gasteiger partial charge >= 0.3 is 0 Å². The summed E-state index contributed by atoms with van der Waals surface area (Å²) in [5, 5.41) is 16.6. The number of amides is 3. The summed E-state index contributed by atoms with van der Waals surface area (Å²) in [7, 11) is 0. The molecule has 3 saturated heterocycles. The van der Waals surface area contributed by atoms with Crippen LogP contribution >= 0.6 is 0 Å². The molecule has 8 heteroatoms. The summed E-state index contributed by atoms with van der Waals surface area (Å²) in [5.41, 5.74) is -1.75. The lowest BCUT2D eigenvalue weighted by Gasteiger charge is -2.38. The smallest absolute Gasteiger partial charge is 0.246 e. The highest BCUT2D eigenvalue weighted by Gasteiger charge is 2.79. The molecule has 0 radical (unpaired) electrons. The van der Waals surface area contributed by atoms with E-state index in [1.165, 1.54) is 6.42 Å². The quantitative estimate of drug-likeness (QED) is 0.435. The molecule has 3 heterocycles. The Labute approximate surface area is 209 Å². The number of nitrogens with zero attached hydrogens (tertiary/aromatic N) is 1. The summed E-state index contributed by atoms with van der Waals surface area (Å²) in [6.45, 7) is 8.44. The van der Waals surface area contributed by atoms with Gasteiger partial charge in [-0.05, 0) is 50.9 Å². The van der Waals surface area contributed by atoms with E-state index in [2.05, 4.69) is 24.5 Å². The highest BCUT2D eigenvalue weighted by atomic mass is 16.5. The van der Waals surface area contributed by atoms with Gasteiger partial charge in [0.15, 0.2) is 0 Å². The maximum absolute atomic E-state index is 14.2. The van der Waals surface area contributed by atoms with Gasteiger partial charge in [0.25, 0.3) is 0 Å². The van der Waals surface area contributed by atoms with Gasteiger partial charge in [0.2, 0.25) is 17.7 Å². The largest absolute Gasteiger partial charge is 0.394 e. The molecule has 0 aromatic rings. The number of ether oxygens (including phenoxy) is 1. The van der Waals surface area contributed by atoms with Gasteiger partial charge in [-0.25, -0.2) is 0 Å². The van der Waals surface area contributed by atoms with Crippen molar-refractivity contribution in [2.24, 2.45) is 17.8 Å². The summed E-state index contributed by atoms with van der Waals surface area (Å²) in [5.74, 6) is -1.61. The summed E-state index contributed by atoms with van der Waals surface area (Å²) < 4.78 is 6.79. The van der Waals surface area contributed by atoms with Gasteiger partial charge in [-0.1, -0.05) is 47.0 Å². The van der Waals surface area contributed by atoms with Crippen LogP contribution in [0.4, 0.5) is 0 Å². The molecule has 1 spiro atoms. The lowest BCUT2D eigenvalue weighted by molar-refractivity contribution is -0.151. The lowest BCUT2D eigenvalue weighted by atomic mass is 9.65. The SMILES string of the molecule is CCCNC(=O)[C@H]1[C@H]2C(=O)N([C@@H](CO)CC(C)C)C(C(=O)NC3CCCCC3)C23CC[C@]1(CC)O3. The van der Waals surface area contributed by atoms with Crippen molar-refractivity contribution in [1.82, 2.24) is 15.5 Å². The van der Waals surface area contributed by atoms with Crippen molar-refractivity contribution in [2.45, 2.75) is 121 Å². The number of likely N-dealkylation sites (tertiary alicyclic amines) is 1. The van der Waals surface area contributed by atoms with Crippen molar-refractivity contribution in [3.05, 3.63) is 0 Å². The predicted molar refractivity (Wildman–Crippen MR) is 132 cm³/mol. The second-order valence-electron chi connectivity index (χ2n) is 11.7. The zero-order chi connectivity index (χ0) is 25.4. The standard InChI is InChI=1S/C27H45N3O5/c1-5-14-28-23(32)20-21-25(34)30(19(16-31)15-17(3)4)22(24(33)29-18-10-8-7-9-11-18)27(21)13-12-26(20,6-2)35-27/h17-22,31H,5-16H2,1-4H3,(H,28,32)(H,29,33)/t19-,20-,21+,22?,26+,27?/m1/s1. The molecule has 2 bridgehead atoms. The van der Waals surface area contributed by atoms with E-state index in [0.717, 1.165) is 32.1 Å². The van der Waals surface area contributed by atoms with E-state index in [0.29, 0.717) is 32.2 Å². The number of hydrogen-bond acceptors (Lipinski definition) is 5. The molecule has 0 aromatic heterocycles. The molecule has 2 unspecified atom stereocenters. The van der Waals surface area contributed by atoms with Crippen molar-refractivity contribution < 1.29 is 24.2 Å². The molecular weight excluding hydrogens is 446 g/mol. The van der Waals surface area contributed by atoms with Gasteiger partial charge in [-0.2, -0.15) is 0 Å². The van der Waals surface area contributed by atoms with E-state index in [9.17, 15) is 19.5 Å². The molecule has 1 aliphatic carbocycles. The van der Waals surface area contributed by atoms with Crippen molar-refractivity contribution >= 4 is 17.7 Å². The predicted octanol–water partition coefficient (Wildman–Crippen LogP) is 2.52. The monoisotopic (exact) mass is 491 g/mol. The Kier molecular flexibility index (Phi) is 7.82. The third kappa shape index (κ3) is 4.39. The number of nitrogens with one attached hydrogen (secondary N) is 2. The molecule has 0 aromatic carbocycles. The number of rotatable bonds is 10. The van der Waals surface area contributed by atoms with Gasteiger partial charge in [-0.3, -0.25) is 14.4 Å².